The molecule has 1 aromatic carbocycles. The quantitative estimate of drug-likeness (QED) is 0.788. The van der Waals surface area contributed by atoms with E-state index in [4.69, 9.17) is 5.73 Å². The lowest BCUT2D eigenvalue weighted by atomic mass is 10.2. The minimum absolute atomic E-state index is 0.351. The summed E-state index contributed by atoms with van der Waals surface area (Å²) >= 11 is 0. The molecule has 4 heteroatoms. The first-order chi connectivity index (χ1) is 7.13. The van der Waals surface area contributed by atoms with Crippen molar-refractivity contribution in [3.63, 3.8) is 0 Å². The second-order valence-corrected chi connectivity index (χ2v) is 5.06. The molecule has 15 heavy (non-hydrogen) atoms. The Balaban J connectivity index is 2.60. The van der Waals surface area contributed by atoms with Crippen LogP contribution in [0, 0.1) is 5.82 Å². The zero-order valence-corrected chi connectivity index (χ0v) is 9.65. The molecule has 1 rings (SSSR count). The van der Waals surface area contributed by atoms with Crippen LogP contribution in [0.3, 0.4) is 0 Å². The summed E-state index contributed by atoms with van der Waals surface area (Å²) in [5.41, 5.74) is 6.78. The van der Waals surface area contributed by atoms with Gasteiger partial charge in [-0.3, -0.25) is 4.21 Å². The van der Waals surface area contributed by atoms with Crippen molar-refractivity contribution in [2.24, 2.45) is 0 Å². The van der Waals surface area contributed by atoms with E-state index >= 15 is 0 Å². The molecule has 2 nitrogen and oxygen atoms in total. The Morgan fingerprint density at radius 3 is 2.80 bits per heavy atom. The number of rotatable bonds is 5. The molecule has 0 aliphatic heterocycles. The van der Waals surface area contributed by atoms with Gasteiger partial charge in [-0.25, -0.2) is 4.39 Å². The van der Waals surface area contributed by atoms with E-state index in [1.807, 2.05) is 0 Å². The number of benzene rings is 1. The molecular weight excluding hydrogens is 213 g/mol. The highest BCUT2D eigenvalue weighted by Crippen LogP contribution is 2.15. The summed E-state index contributed by atoms with van der Waals surface area (Å²) in [6.45, 7) is 2.06. The number of nitrogen functional groups attached to an aromatic ring is 1. The molecule has 0 spiro atoms. The normalized spacial score (nSPS) is 12.7. The maximum atomic E-state index is 12.7. The summed E-state index contributed by atoms with van der Waals surface area (Å²) in [6, 6.07) is 4.23. The molecule has 0 radical (unpaired) electrons. The molecule has 0 aliphatic rings. The van der Waals surface area contributed by atoms with Crippen LogP contribution in [0.25, 0.3) is 0 Å². The molecule has 0 aliphatic carbocycles. The van der Waals surface area contributed by atoms with E-state index in [1.165, 1.54) is 12.1 Å². The molecule has 0 aromatic heterocycles. The standard InChI is InChI=1S/C11H16FNOS/c1-2-3-6-15(14)8-9-4-5-10(12)7-11(9)13/h4-5,7H,2-3,6,8,13H2,1H3. The van der Waals surface area contributed by atoms with Crippen molar-refractivity contribution in [1.29, 1.82) is 0 Å². The Labute approximate surface area is 92.1 Å². The molecule has 1 aromatic rings. The van der Waals surface area contributed by atoms with Crippen molar-refractivity contribution in [2.45, 2.75) is 25.5 Å². The van der Waals surface area contributed by atoms with E-state index in [-0.39, 0.29) is 5.82 Å². The number of anilines is 1. The summed E-state index contributed by atoms with van der Waals surface area (Å²) < 4.78 is 24.3. The average Bonchev–Trinajstić information content (AvgIpc) is 2.19. The van der Waals surface area contributed by atoms with Crippen molar-refractivity contribution in [1.82, 2.24) is 0 Å². The molecule has 0 amide bonds. The minimum atomic E-state index is -0.890. The smallest absolute Gasteiger partial charge is 0.125 e. The van der Waals surface area contributed by atoms with Crippen LogP contribution in [0.5, 0.6) is 0 Å². The summed E-state index contributed by atoms with van der Waals surface area (Å²) in [5, 5.41) is 0. The minimum Gasteiger partial charge on any atom is -0.398 e. The van der Waals surface area contributed by atoms with Crippen LogP contribution < -0.4 is 5.73 Å². The maximum Gasteiger partial charge on any atom is 0.125 e. The molecule has 0 bridgehead atoms. The summed E-state index contributed by atoms with van der Waals surface area (Å²) in [5.74, 6) is 0.759. The Hall–Kier alpha value is -0.900. The zero-order valence-electron chi connectivity index (χ0n) is 8.83. The predicted octanol–water partition coefficient (Wildman–Crippen LogP) is 2.46. The second-order valence-electron chi connectivity index (χ2n) is 3.48. The lowest BCUT2D eigenvalue weighted by Gasteiger charge is -2.05. The SMILES string of the molecule is CCCCS(=O)Cc1ccc(F)cc1N. The van der Waals surface area contributed by atoms with Crippen LogP contribution in [-0.2, 0) is 16.6 Å². The number of halogens is 1. The number of unbranched alkanes of at least 4 members (excludes halogenated alkanes) is 1. The van der Waals surface area contributed by atoms with Gasteiger partial charge in [-0.05, 0) is 24.1 Å². The first-order valence-corrected chi connectivity index (χ1v) is 6.51. The summed E-state index contributed by atoms with van der Waals surface area (Å²) in [6.07, 6.45) is 1.98. The molecule has 2 N–H and O–H groups in total. The fourth-order valence-electron chi connectivity index (χ4n) is 1.25. The van der Waals surface area contributed by atoms with Crippen LogP contribution >= 0.6 is 0 Å². The van der Waals surface area contributed by atoms with Crippen molar-refractivity contribution in [3.8, 4) is 0 Å². The third-order valence-electron chi connectivity index (χ3n) is 2.15. The van der Waals surface area contributed by atoms with E-state index in [0.29, 0.717) is 17.2 Å². The Bertz CT molecular complexity index is 354. The Morgan fingerprint density at radius 1 is 1.47 bits per heavy atom. The van der Waals surface area contributed by atoms with Crippen molar-refractivity contribution < 1.29 is 8.60 Å². The second kappa shape index (κ2) is 5.85. The average molecular weight is 229 g/mol. The lowest BCUT2D eigenvalue weighted by molar-refractivity contribution is 0.628. The number of hydrogen-bond acceptors (Lipinski definition) is 2. The van der Waals surface area contributed by atoms with Crippen LogP contribution in [0.4, 0.5) is 10.1 Å². The number of hydrogen-bond donors (Lipinski definition) is 1. The van der Waals surface area contributed by atoms with Gasteiger partial charge < -0.3 is 5.73 Å². The van der Waals surface area contributed by atoms with Crippen LogP contribution in [0.1, 0.15) is 25.3 Å². The third kappa shape index (κ3) is 4.00. The van der Waals surface area contributed by atoms with Crippen LogP contribution in [-0.4, -0.2) is 9.96 Å². The first kappa shape index (κ1) is 12.2. The van der Waals surface area contributed by atoms with Gasteiger partial charge in [0.1, 0.15) is 5.82 Å². The molecule has 84 valence electrons. The van der Waals surface area contributed by atoms with E-state index in [1.54, 1.807) is 6.07 Å². The van der Waals surface area contributed by atoms with Gasteiger partial charge in [0.25, 0.3) is 0 Å². The molecule has 0 fully saturated rings. The highest BCUT2D eigenvalue weighted by atomic mass is 32.2. The third-order valence-corrected chi connectivity index (χ3v) is 3.53. The van der Waals surface area contributed by atoms with Crippen molar-refractivity contribution in [3.05, 3.63) is 29.6 Å². The predicted molar refractivity (Wildman–Crippen MR) is 62.4 cm³/mol. The van der Waals surface area contributed by atoms with Gasteiger partial charge >= 0.3 is 0 Å². The Morgan fingerprint density at radius 2 is 2.20 bits per heavy atom. The fourth-order valence-corrected chi connectivity index (χ4v) is 2.61. The molecule has 0 heterocycles. The lowest BCUT2D eigenvalue weighted by Crippen LogP contribution is -2.03. The summed E-state index contributed by atoms with van der Waals surface area (Å²) in [7, 11) is -0.890. The highest BCUT2D eigenvalue weighted by Gasteiger charge is 2.05. The topological polar surface area (TPSA) is 43.1 Å². The van der Waals surface area contributed by atoms with Gasteiger partial charge in [-0.15, -0.1) is 0 Å². The van der Waals surface area contributed by atoms with Crippen molar-refractivity contribution in [2.75, 3.05) is 11.5 Å². The van der Waals surface area contributed by atoms with Crippen LogP contribution in [0.15, 0.2) is 18.2 Å². The van der Waals surface area contributed by atoms with Gasteiger partial charge in [-0.2, -0.15) is 0 Å². The Kier molecular flexibility index (Phi) is 4.75. The zero-order chi connectivity index (χ0) is 11.3. The monoisotopic (exact) mass is 229 g/mol. The largest absolute Gasteiger partial charge is 0.398 e. The van der Waals surface area contributed by atoms with Crippen molar-refractivity contribution >= 4 is 16.5 Å². The molecule has 0 saturated carbocycles. The van der Waals surface area contributed by atoms with Gasteiger partial charge in [0.2, 0.25) is 0 Å². The highest BCUT2D eigenvalue weighted by molar-refractivity contribution is 7.84. The fraction of sp³-hybridized carbons (Fsp3) is 0.455. The molecule has 0 saturated heterocycles. The van der Waals surface area contributed by atoms with Gasteiger partial charge in [0.05, 0.1) is 5.75 Å². The van der Waals surface area contributed by atoms with E-state index in [0.717, 1.165) is 18.4 Å². The van der Waals surface area contributed by atoms with Gasteiger partial charge in [-0.1, -0.05) is 19.4 Å². The van der Waals surface area contributed by atoms with E-state index in [9.17, 15) is 8.60 Å². The molecule has 1 atom stereocenters. The maximum absolute atomic E-state index is 12.7. The van der Waals surface area contributed by atoms with Gasteiger partial charge in [0, 0.05) is 22.2 Å². The van der Waals surface area contributed by atoms with Crippen LogP contribution in [0.2, 0.25) is 0 Å². The molecular formula is C11H16FNOS. The number of nitrogens with two attached hydrogens (primary N) is 1. The molecule has 1 unspecified atom stereocenters. The van der Waals surface area contributed by atoms with E-state index in [2.05, 4.69) is 6.92 Å². The van der Waals surface area contributed by atoms with E-state index < -0.39 is 10.8 Å². The first-order valence-electron chi connectivity index (χ1n) is 5.02. The summed E-state index contributed by atoms with van der Waals surface area (Å²) in [4.78, 5) is 0. The van der Waals surface area contributed by atoms with Gasteiger partial charge in [0.15, 0.2) is 0 Å².